The second-order valence-electron chi connectivity index (χ2n) is 6.32. The molecule has 1 aromatic carbocycles. The Morgan fingerprint density at radius 2 is 1.95 bits per heavy atom. The number of hydrogen-bond acceptors (Lipinski definition) is 4. The fourth-order valence-corrected chi connectivity index (χ4v) is 3.64. The van der Waals surface area contributed by atoms with Gasteiger partial charge in [-0.1, -0.05) is 43.0 Å². The second-order valence-corrected chi connectivity index (χ2v) is 6.32. The van der Waals surface area contributed by atoms with Crippen LogP contribution in [-0.4, -0.2) is 23.2 Å². The number of aryl methyl sites for hydroxylation is 1. The van der Waals surface area contributed by atoms with E-state index in [1.807, 2.05) is 25.1 Å². The van der Waals surface area contributed by atoms with Crippen molar-refractivity contribution in [2.45, 2.75) is 51.5 Å². The van der Waals surface area contributed by atoms with Crippen LogP contribution in [0.2, 0.25) is 0 Å². The summed E-state index contributed by atoms with van der Waals surface area (Å²) in [5.41, 5.74) is 0.177. The molecular formula is C18H21NO3. The molecule has 4 heteroatoms. The number of esters is 1. The van der Waals surface area contributed by atoms with E-state index in [1.54, 1.807) is 13.0 Å². The Morgan fingerprint density at radius 1 is 1.23 bits per heavy atom. The first-order valence-electron chi connectivity index (χ1n) is 7.94. The van der Waals surface area contributed by atoms with Crippen molar-refractivity contribution in [1.29, 1.82) is 0 Å². The Labute approximate surface area is 130 Å². The molecule has 0 aromatic heterocycles. The van der Waals surface area contributed by atoms with Gasteiger partial charge >= 0.3 is 5.97 Å². The van der Waals surface area contributed by atoms with Crippen molar-refractivity contribution in [1.82, 2.24) is 0 Å². The number of carbonyl (C=O) groups excluding carboxylic acids is 2. The predicted octanol–water partition coefficient (Wildman–Crippen LogP) is 3.47. The number of Topliss-reactive ketones (excluding diaryl/α,β-unsaturated/α-hetero) is 1. The Kier molecular flexibility index (Phi) is 3.85. The maximum absolute atomic E-state index is 13.2. The molecule has 1 fully saturated rings. The maximum atomic E-state index is 13.2. The second kappa shape index (κ2) is 5.67. The quantitative estimate of drug-likeness (QED) is 0.488. The lowest BCUT2D eigenvalue weighted by molar-refractivity contribution is -0.139. The van der Waals surface area contributed by atoms with Crippen LogP contribution in [0.25, 0.3) is 0 Å². The lowest BCUT2D eigenvalue weighted by atomic mass is 9.71. The molecule has 2 aliphatic rings. The molecule has 1 unspecified atom stereocenters. The highest BCUT2D eigenvalue weighted by Crippen LogP contribution is 2.41. The van der Waals surface area contributed by atoms with E-state index in [9.17, 15) is 9.59 Å². The van der Waals surface area contributed by atoms with Crippen molar-refractivity contribution in [3.05, 3.63) is 35.4 Å². The molecule has 1 saturated carbocycles. The molecule has 1 aliphatic heterocycles. The van der Waals surface area contributed by atoms with Crippen LogP contribution in [0.15, 0.2) is 29.3 Å². The van der Waals surface area contributed by atoms with Gasteiger partial charge in [-0.15, -0.1) is 0 Å². The number of cyclic esters (lactones) is 1. The number of carbonyl (C=O) groups is 2. The summed E-state index contributed by atoms with van der Waals surface area (Å²) in [6.45, 7) is 3.58. The summed E-state index contributed by atoms with van der Waals surface area (Å²) >= 11 is 0. The van der Waals surface area contributed by atoms with E-state index >= 15 is 0 Å². The van der Waals surface area contributed by atoms with Gasteiger partial charge in [-0.05, 0) is 25.8 Å². The molecule has 1 heterocycles. The molecule has 0 amide bonds. The minimum Gasteiger partial charge on any atom is -0.410 e. The number of rotatable bonds is 3. The highest BCUT2D eigenvalue weighted by molar-refractivity contribution is 6.21. The average molecular weight is 299 g/mol. The van der Waals surface area contributed by atoms with E-state index in [1.165, 1.54) is 0 Å². The van der Waals surface area contributed by atoms with Gasteiger partial charge in [0.2, 0.25) is 11.3 Å². The fraction of sp³-hybridized carbons (Fsp3) is 0.500. The van der Waals surface area contributed by atoms with Crippen LogP contribution in [0.3, 0.4) is 0 Å². The number of ketones is 1. The number of aliphatic imine (C=N–C) groups is 1. The molecule has 0 saturated heterocycles. The van der Waals surface area contributed by atoms with Crippen LogP contribution in [-0.2, 0) is 9.53 Å². The number of ether oxygens (including phenoxy) is 1. The van der Waals surface area contributed by atoms with E-state index in [0.717, 1.165) is 37.7 Å². The van der Waals surface area contributed by atoms with Gasteiger partial charge in [-0.3, -0.25) is 4.79 Å². The molecule has 22 heavy (non-hydrogen) atoms. The fourth-order valence-electron chi connectivity index (χ4n) is 3.64. The molecular weight excluding hydrogens is 278 g/mol. The van der Waals surface area contributed by atoms with Crippen LogP contribution in [0.4, 0.5) is 0 Å². The van der Waals surface area contributed by atoms with Crippen molar-refractivity contribution < 1.29 is 14.3 Å². The predicted molar refractivity (Wildman–Crippen MR) is 84.0 cm³/mol. The van der Waals surface area contributed by atoms with Gasteiger partial charge in [0.1, 0.15) is 0 Å². The molecule has 4 nitrogen and oxygen atoms in total. The molecule has 0 bridgehead atoms. The molecule has 1 aliphatic carbocycles. The largest absolute Gasteiger partial charge is 0.410 e. The Hall–Kier alpha value is -1.97. The van der Waals surface area contributed by atoms with Crippen LogP contribution in [0.5, 0.6) is 0 Å². The van der Waals surface area contributed by atoms with Gasteiger partial charge in [0.05, 0.1) is 0 Å². The third-order valence-electron chi connectivity index (χ3n) is 4.71. The standard InChI is InChI=1S/C18H21NO3/c1-12-7-6-8-14(11-12)16(20)18(15-9-4-3-5-10-15)17(21)22-13(2)19-18/h6-8,11,15H,3-5,9-10H2,1-2H3. The van der Waals surface area contributed by atoms with E-state index < -0.39 is 11.5 Å². The number of nitrogens with zero attached hydrogens (tertiary/aromatic N) is 1. The summed E-state index contributed by atoms with van der Waals surface area (Å²) in [7, 11) is 0. The SMILES string of the molecule is CC1=NC(C(=O)c2cccc(C)c2)(C2CCCCC2)C(=O)O1. The van der Waals surface area contributed by atoms with E-state index in [4.69, 9.17) is 4.74 Å². The van der Waals surface area contributed by atoms with E-state index in [-0.39, 0.29) is 11.7 Å². The minimum atomic E-state index is -1.36. The lowest BCUT2D eigenvalue weighted by Crippen LogP contribution is -2.50. The highest BCUT2D eigenvalue weighted by atomic mass is 16.6. The zero-order valence-electron chi connectivity index (χ0n) is 13.1. The molecule has 0 radical (unpaired) electrons. The summed E-state index contributed by atoms with van der Waals surface area (Å²) < 4.78 is 5.19. The molecule has 3 rings (SSSR count). The summed E-state index contributed by atoms with van der Waals surface area (Å²) in [6, 6.07) is 7.36. The first kappa shape index (κ1) is 14.9. The first-order valence-corrected chi connectivity index (χ1v) is 7.94. The van der Waals surface area contributed by atoms with Gasteiger partial charge in [0, 0.05) is 18.4 Å². The normalized spacial score (nSPS) is 25.7. The first-order chi connectivity index (χ1) is 10.5. The zero-order valence-corrected chi connectivity index (χ0v) is 13.1. The zero-order chi connectivity index (χ0) is 15.7. The van der Waals surface area contributed by atoms with Gasteiger partial charge in [0.25, 0.3) is 0 Å². The lowest BCUT2D eigenvalue weighted by Gasteiger charge is -2.33. The van der Waals surface area contributed by atoms with Crippen molar-refractivity contribution in [3.8, 4) is 0 Å². The van der Waals surface area contributed by atoms with E-state index in [0.29, 0.717) is 11.5 Å². The average Bonchev–Trinajstić information content (AvgIpc) is 2.83. The summed E-state index contributed by atoms with van der Waals surface area (Å²) in [6.07, 6.45) is 4.93. The summed E-state index contributed by atoms with van der Waals surface area (Å²) in [4.78, 5) is 30.1. The van der Waals surface area contributed by atoms with Crippen molar-refractivity contribution in [3.63, 3.8) is 0 Å². The van der Waals surface area contributed by atoms with Crippen molar-refractivity contribution >= 4 is 17.7 Å². The summed E-state index contributed by atoms with van der Waals surface area (Å²) in [5.74, 6) is -0.468. The molecule has 0 spiro atoms. The van der Waals surface area contributed by atoms with Crippen LogP contribution in [0, 0.1) is 12.8 Å². The molecule has 1 aromatic rings. The van der Waals surface area contributed by atoms with Crippen molar-refractivity contribution in [2.24, 2.45) is 10.9 Å². The monoisotopic (exact) mass is 299 g/mol. The van der Waals surface area contributed by atoms with Gasteiger partial charge in [0.15, 0.2) is 5.90 Å². The molecule has 116 valence electrons. The van der Waals surface area contributed by atoms with Gasteiger partial charge in [-0.2, -0.15) is 0 Å². The smallest absolute Gasteiger partial charge is 0.349 e. The number of benzene rings is 1. The third kappa shape index (κ3) is 2.36. The Morgan fingerprint density at radius 3 is 2.55 bits per heavy atom. The van der Waals surface area contributed by atoms with Crippen LogP contribution in [0.1, 0.15) is 54.9 Å². The van der Waals surface area contributed by atoms with Crippen LogP contribution < -0.4 is 0 Å². The molecule has 1 atom stereocenters. The van der Waals surface area contributed by atoms with E-state index in [2.05, 4.69) is 4.99 Å². The molecule has 0 N–H and O–H groups in total. The Balaban J connectivity index is 2.06. The summed E-state index contributed by atoms with van der Waals surface area (Å²) in [5, 5.41) is 0. The van der Waals surface area contributed by atoms with Gasteiger partial charge < -0.3 is 4.74 Å². The van der Waals surface area contributed by atoms with Crippen LogP contribution >= 0.6 is 0 Å². The maximum Gasteiger partial charge on any atom is 0.349 e. The number of hydrogen-bond donors (Lipinski definition) is 0. The Bertz CT molecular complexity index is 643. The van der Waals surface area contributed by atoms with Crippen molar-refractivity contribution in [2.75, 3.05) is 0 Å². The van der Waals surface area contributed by atoms with Gasteiger partial charge in [-0.25, -0.2) is 9.79 Å². The third-order valence-corrected chi connectivity index (χ3v) is 4.71. The minimum absolute atomic E-state index is 0.0563. The highest BCUT2D eigenvalue weighted by Gasteiger charge is 2.57. The topological polar surface area (TPSA) is 55.7 Å².